The molecular weight excluding hydrogens is 402 g/mol. The summed E-state index contributed by atoms with van der Waals surface area (Å²) in [5.41, 5.74) is 4.00. The summed E-state index contributed by atoms with van der Waals surface area (Å²) >= 11 is 0. The van der Waals surface area contributed by atoms with Gasteiger partial charge in [0.1, 0.15) is 11.2 Å². The van der Waals surface area contributed by atoms with Crippen molar-refractivity contribution in [1.29, 1.82) is 0 Å². The Morgan fingerprint density at radius 1 is 1.09 bits per heavy atom. The highest BCUT2D eigenvalue weighted by molar-refractivity contribution is 6.13. The molecule has 0 bridgehead atoms. The van der Waals surface area contributed by atoms with Crippen molar-refractivity contribution in [3.63, 3.8) is 0 Å². The average molecular weight is 434 g/mol. The number of carbonyl (C=O) groups excluding carboxylic acids is 2. The third-order valence-corrected chi connectivity index (χ3v) is 7.49. The molecule has 1 N–H and O–H groups in total. The summed E-state index contributed by atoms with van der Waals surface area (Å²) in [5, 5.41) is 3.29. The maximum atomic E-state index is 13.8. The van der Waals surface area contributed by atoms with E-state index in [2.05, 4.69) is 12.2 Å². The van der Waals surface area contributed by atoms with E-state index in [0.717, 1.165) is 48.0 Å². The molecule has 0 unspecified atom stereocenters. The van der Waals surface area contributed by atoms with Crippen molar-refractivity contribution >= 4 is 28.6 Å². The van der Waals surface area contributed by atoms with Gasteiger partial charge < -0.3 is 14.3 Å². The van der Waals surface area contributed by atoms with Crippen LogP contribution in [0.5, 0.6) is 0 Å². The molecule has 1 aliphatic carbocycles. The number of hydrogen-bond donors (Lipinski definition) is 1. The lowest BCUT2D eigenvalue weighted by atomic mass is 9.86. The Kier molecular flexibility index (Phi) is 4.91. The minimum Gasteiger partial charge on any atom is -0.463 e. The molecule has 0 spiro atoms. The molecule has 1 atom stereocenters. The molecule has 2 aliphatic rings. The molecule has 0 radical (unpaired) electrons. The van der Waals surface area contributed by atoms with Gasteiger partial charge in [-0.2, -0.15) is 0 Å². The van der Waals surface area contributed by atoms with E-state index in [-0.39, 0.29) is 17.9 Å². The zero-order chi connectivity index (χ0) is 22.6. The smallest absolute Gasteiger partial charge is 0.276 e. The minimum absolute atomic E-state index is 0.0976. The standard InChI is InChI=1S/C26H31N3O3/c1-16-5-8-19(9-6-16)27-25(31)26(4)15-28-21-11-12-32-23(21)14-22(28)24(30)29(26)20-10-7-17(2)18(3)13-20/h7,10-14,16,19H,5-6,8-9,15H2,1-4H3,(H,27,31)/t16?,19?,26-/m1/s1. The second-order valence-electron chi connectivity index (χ2n) is 9.90. The Balaban J connectivity index is 1.57. The van der Waals surface area contributed by atoms with Crippen LogP contribution in [0.4, 0.5) is 5.69 Å². The fraction of sp³-hybridized carbons (Fsp3) is 0.462. The van der Waals surface area contributed by atoms with Gasteiger partial charge in [0.25, 0.3) is 5.91 Å². The molecule has 6 heteroatoms. The van der Waals surface area contributed by atoms with E-state index in [1.807, 2.05) is 49.6 Å². The fourth-order valence-corrected chi connectivity index (χ4v) is 5.23. The summed E-state index contributed by atoms with van der Waals surface area (Å²) in [4.78, 5) is 29.3. The van der Waals surface area contributed by atoms with Crippen molar-refractivity contribution in [2.24, 2.45) is 5.92 Å². The summed E-state index contributed by atoms with van der Waals surface area (Å²) in [6.07, 6.45) is 5.85. The highest BCUT2D eigenvalue weighted by Crippen LogP contribution is 2.37. The van der Waals surface area contributed by atoms with E-state index in [4.69, 9.17) is 4.42 Å². The quantitative estimate of drug-likeness (QED) is 0.634. The third kappa shape index (κ3) is 3.24. The number of anilines is 1. The van der Waals surface area contributed by atoms with Crippen LogP contribution < -0.4 is 10.2 Å². The van der Waals surface area contributed by atoms with Crippen LogP contribution in [-0.2, 0) is 11.3 Å². The van der Waals surface area contributed by atoms with Crippen LogP contribution in [0, 0.1) is 19.8 Å². The summed E-state index contributed by atoms with van der Waals surface area (Å²) in [6.45, 7) is 8.61. The summed E-state index contributed by atoms with van der Waals surface area (Å²) in [5.74, 6) is 0.430. The number of nitrogens with zero attached hydrogens (tertiary/aromatic N) is 2. The number of benzene rings is 1. The lowest BCUT2D eigenvalue weighted by Crippen LogP contribution is -2.65. The molecule has 1 aromatic carbocycles. The first-order chi connectivity index (χ1) is 15.3. The maximum absolute atomic E-state index is 13.8. The maximum Gasteiger partial charge on any atom is 0.276 e. The van der Waals surface area contributed by atoms with Crippen LogP contribution in [0.1, 0.15) is 61.1 Å². The van der Waals surface area contributed by atoms with Crippen LogP contribution in [0.15, 0.2) is 41.0 Å². The average Bonchev–Trinajstić information content (AvgIpc) is 3.35. The SMILES string of the molecule is Cc1ccc(N2C(=O)c3cc4occc4n3C[C@]2(C)C(=O)NC2CCC(C)CC2)cc1C. The molecule has 1 saturated carbocycles. The van der Waals surface area contributed by atoms with Crippen molar-refractivity contribution in [3.8, 4) is 0 Å². The molecule has 6 nitrogen and oxygen atoms in total. The monoisotopic (exact) mass is 433 g/mol. The number of furan rings is 1. The number of fused-ring (bicyclic) bond motifs is 3. The Labute approximate surface area is 188 Å². The lowest BCUT2D eigenvalue weighted by Gasteiger charge is -2.45. The molecule has 1 aliphatic heterocycles. The minimum atomic E-state index is -1.06. The van der Waals surface area contributed by atoms with Crippen molar-refractivity contribution in [2.45, 2.75) is 71.5 Å². The largest absolute Gasteiger partial charge is 0.463 e. The van der Waals surface area contributed by atoms with Gasteiger partial charge in [0.05, 0.1) is 18.3 Å². The van der Waals surface area contributed by atoms with Crippen molar-refractivity contribution in [2.75, 3.05) is 4.90 Å². The zero-order valence-electron chi connectivity index (χ0n) is 19.3. The van der Waals surface area contributed by atoms with Crippen molar-refractivity contribution < 1.29 is 14.0 Å². The van der Waals surface area contributed by atoms with Crippen LogP contribution >= 0.6 is 0 Å². The first-order valence-electron chi connectivity index (χ1n) is 11.6. The number of carbonyl (C=O) groups is 2. The van der Waals surface area contributed by atoms with Crippen LogP contribution in [-0.4, -0.2) is 28.0 Å². The van der Waals surface area contributed by atoms with Gasteiger partial charge in [0.15, 0.2) is 5.58 Å². The van der Waals surface area contributed by atoms with E-state index < -0.39 is 5.54 Å². The fourth-order valence-electron chi connectivity index (χ4n) is 5.23. The Morgan fingerprint density at radius 2 is 1.84 bits per heavy atom. The molecule has 5 rings (SSSR count). The predicted molar refractivity (Wildman–Crippen MR) is 125 cm³/mol. The van der Waals surface area contributed by atoms with Crippen LogP contribution in [0.3, 0.4) is 0 Å². The highest BCUT2D eigenvalue weighted by Gasteiger charge is 2.49. The van der Waals surface area contributed by atoms with Gasteiger partial charge in [-0.05, 0) is 75.6 Å². The van der Waals surface area contributed by atoms with Crippen molar-refractivity contribution in [3.05, 3.63) is 53.4 Å². The van der Waals surface area contributed by atoms with Crippen molar-refractivity contribution in [1.82, 2.24) is 9.88 Å². The molecular formula is C26H31N3O3. The summed E-state index contributed by atoms with van der Waals surface area (Å²) < 4.78 is 7.49. The first-order valence-corrected chi connectivity index (χ1v) is 11.6. The van der Waals surface area contributed by atoms with Crippen LogP contribution in [0.2, 0.25) is 0 Å². The second kappa shape index (κ2) is 7.54. The van der Waals surface area contributed by atoms with E-state index in [9.17, 15) is 9.59 Å². The predicted octanol–water partition coefficient (Wildman–Crippen LogP) is 4.97. The van der Waals surface area contributed by atoms with E-state index in [1.165, 1.54) is 0 Å². The third-order valence-electron chi connectivity index (χ3n) is 7.49. The van der Waals surface area contributed by atoms with Gasteiger partial charge in [-0.25, -0.2) is 0 Å². The zero-order valence-corrected chi connectivity index (χ0v) is 19.3. The molecule has 2 aromatic heterocycles. The van der Waals surface area contributed by atoms with Crippen LogP contribution in [0.25, 0.3) is 11.1 Å². The number of aryl methyl sites for hydroxylation is 2. The van der Waals surface area contributed by atoms with E-state index in [1.54, 1.807) is 17.2 Å². The van der Waals surface area contributed by atoms with Gasteiger partial charge in [-0.1, -0.05) is 13.0 Å². The second-order valence-corrected chi connectivity index (χ2v) is 9.90. The van der Waals surface area contributed by atoms with Gasteiger partial charge in [-0.15, -0.1) is 0 Å². The van der Waals surface area contributed by atoms with Gasteiger partial charge in [0.2, 0.25) is 5.91 Å². The van der Waals surface area contributed by atoms with Gasteiger partial charge in [0, 0.05) is 23.9 Å². The molecule has 168 valence electrons. The number of aromatic nitrogens is 1. The summed E-state index contributed by atoms with van der Waals surface area (Å²) in [6, 6.07) is 9.76. The molecule has 3 aromatic rings. The molecule has 32 heavy (non-hydrogen) atoms. The normalized spacial score (nSPS) is 25.8. The molecule has 0 saturated heterocycles. The van der Waals surface area contributed by atoms with E-state index in [0.29, 0.717) is 23.7 Å². The summed E-state index contributed by atoms with van der Waals surface area (Å²) in [7, 11) is 0. The molecule has 3 heterocycles. The number of nitrogens with one attached hydrogen (secondary N) is 1. The highest BCUT2D eigenvalue weighted by atomic mass is 16.3. The van der Waals surface area contributed by atoms with E-state index >= 15 is 0 Å². The topological polar surface area (TPSA) is 67.5 Å². The first kappa shape index (κ1) is 20.9. The lowest BCUT2D eigenvalue weighted by molar-refractivity contribution is -0.127. The number of hydrogen-bond acceptors (Lipinski definition) is 3. The molecule has 1 fully saturated rings. The Hall–Kier alpha value is -3.02. The number of rotatable bonds is 3. The molecule has 2 amide bonds. The number of amides is 2. The Bertz CT molecular complexity index is 1200. The van der Waals surface area contributed by atoms with Gasteiger partial charge >= 0.3 is 0 Å². The van der Waals surface area contributed by atoms with Gasteiger partial charge in [-0.3, -0.25) is 14.5 Å². The Morgan fingerprint density at radius 3 is 2.56 bits per heavy atom.